The van der Waals surface area contributed by atoms with Crippen LogP contribution in [0.15, 0.2) is 91.0 Å². The Kier molecular flexibility index (Phi) is 19.8. The number of ether oxygens (including phenoxy) is 5. The number of hydrogen-bond acceptors (Lipinski definition) is 9. The van der Waals surface area contributed by atoms with Crippen molar-refractivity contribution < 1.29 is 43.2 Å². The van der Waals surface area contributed by atoms with Gasteiger partial charge in [-0.15, -0.1) is 0 Å². The largest absolute Gasteiger partial charge is 0.452 e. The molecule has 1 aliphatic rings. The van der Waals surface area contributed by atoms with Gasteiger partial charge in [0.15, 0.2) is 24.6 Å². The van der Waals surface area contributed by atoms with E-state index in [1.165, 1.54) is 77.0 Å². The third-order valence-corrected chi connectivity index (χ3v) is 9.72. The molecule has 0 aromatic heterocycles. The van der Waals surface area contributed by atoms with Crippen molar-refractivity contribution in [2.24, 2.45) is 0 Å². The molecule has 1 N–H and O–H groups in total. The van der Waals surface area contributed by atoms with Crippen LogP contribution in [0.3, 0.4) is 0 Å². The molecule has 54 heavy (non-hydrogen) atoms. The number of rotatable bonds is 25. The Morgan fingerprint density at radius 2 is 0.870 bits per heavy atom. The Morgan fingerprint density at radius 3 is 1.26 bits per heavy atom. The van der Waals surface area contributed by atoms with Gasteiger partial charge in [-0.25, -0.2) is 14.4 Å². The highest BCUT2D eigenvalue weighted by atomic mass is 16.7. The monoisotopic (exact) mass is 743 g/mol. The van der Waals surface area contributed by atoms with Gasteiger partial charge in [0.2, 0.25) is 0 Å². The van der Waals surface area contributed by atoms with Gasteiger partial charge in [0.25, 0.3) is 0 Å². The first-order chi connectivity index (χ1) is 26.5. The summed E-state index contributed by atoms with van der Waals surface area (Å²) in [6, 6.07) is 25.0. The number of esters is 3. The van der Waals surface area contributed by atoms with Crippen LogP contribution in [0.1, 0.15) is 141 Å². The molecule has 9 nitrogen and oxygen atoms in total. The van der Waals surface area contributed by atoms with Gasteiger partial charge in [0.05, 0.1) is 16.7 Å². The molecule has 0 spiro atoms. The average molecular weight is 744 g/mol. The van der Waals surface area contributed by atoms with E-state index < -0.39 is 48.6 Å². The summed E-state index contributed by atoms with van der Waals surface area (Å²) in [6.45, 7) is 3.26. The summed E-state index contributed by atoms with van der Waals surface area (Å²) in [4.78, 5) is 40.2. The lowest BCUT2D eigenvalue weighted by molar-refractivity contribution is -0.292. The average Bonchev–Trinajstić information content (AvgIpc) is 3.21. The molecule has 1 aliphatic heterocycles. The number of unbranched alkanes of at least 4 members (excludes halogenated alkanes) is 15. The Bertz CT molecular complexity index is 1470. The van der Waals surface area contributed by atoms with E-state index in [1.54, 1.807) is 91.0 Å². The first-order valence-corrected chi connectivity index (χ1v) is 20.0. The summed E-state index contributed by atoms with van der Waals surface area (Å²) in [5.74, 6) is -2.18. The van der Waals surface area contributed by atoms with E-state index in [1.807, 2.05) is 0 Å². The molecule has 1 heterocycles. The van der Waals surface area contributed by atoms with Gasteiger partial charge in [-0.1, -0.05) is 158 Å². The number of aliphatic hydroxyl groups is 1. The molecular weight excluding hydrogens is 684 g/mol. The zero-order valence-corrected chi connectivity index (χ0v) is 31.9. The minimum Gasteiger partial charge on any atom is -0.452 e. The Hall–Kier alpha value is -4.05. The van der Waals surface area contributed by atoms with Crippen LogP contribution in [0.2, 0.25) is 0 Å². The highest BCUT2D eigenvalue weighted by molar-refractivity contribution is 5.91. The summed E-state index contributed by atoms with van der Waals surface area (Å²) in [5.41, 5.74) is 0.735. The number of benzene rings is 3. The minimum atomic E-state index is -1.41. The van der Waals surface area contributed by atoms with Crippen LogP contribution in [0, 0.1) is 6.61 Å². The molecule has 0 aliphatic carbocycles. The molecule has 9 heteroatoms. The van der Waals surface area contributed by atoms with Gasteiger partial charge >= 0.3 is 17.9 Å². The zero-order chi connectivity index (χ0) is 38.2. The summed E-state index contributed by atoms with van der Waals surface area (Å²) in [5, 5.41) is 10.4. The van der Waals surface area contributed by atoms with Gasteiger partial charge in [-0.05, 0) is 42.8 Å². The molecule has 1 fully saturated rings. The molecule has 3 aromatic carbocycles. The van der Waals surface area contributed by atoms with E-state index in [-0.39, 0.29) is 23.3 Å². The fraction of sp³-hybridized carbons (Fsp3) is 0.511. The van der Waals surface area contributed by atoms with Crippen molar-refractivity contribution in [2.45, 2.75) is 140 Å². The maximum absolute atomic E-state index is 13.5. The Labute approximate surface area is 321 Å². The lowest BCUT2D eigenvalue weighted by Crippen LogP contribution is -2.62. The van der Waals surface area contributed by atoms with Crippen LogP contribution in [-0.2, 0) is 23.7 Å². The third kappa shape index (κ3) is 14.6. The first kappa shape index (κ1) is 42.7. The van der Waals surface area contributed by atoms with E-state index in [2.05, 4.69) is 6.92 Å². The second-order valence-electron chi connectivity index (χ2n) is 14.0. The third-order valence-electron chi connectivity index (χ3n) is 9.72. The fourth-order valence-corrected chi connectivity index (χ4v) is 6.63. The first-order valence-electron chi connectivity index (χ1n) is 20.0. The second-order valence-corrected chi connectivity index (χ2v) is 14.0. The maximum Gasteiger partial charge on any atom is 0.338 e. The van der Waals surface area contributed by atoms with E-state index in [0.717, 1.165) is 32.3 Å². The quantitative estimate of drug-likeness (QED) is 0.0514. The molecule has 0 amide bonds. The lowest BCUT2D eigenvalue weighted by atomic mass is 9.97. The van der Waals surface area contributed by atoms with Gasteiger partial charge < -0.3 is 28.8 Å². The molecule has 0 saturated carbocycles. The van der Waals surface area contributed by atoms with Crippen molar-refractivity contribution in [3.63, 3.8) is 0 Å². The van der Waals surface area contributed by atoms with Gasteiger partial charge in [-0.3, -0.25) is 0 Å². The predicted molar refractivity (Wildman–Crippen MR) is 207 cm³/mol. The van der Waals surface area contributed by atoms with Crippen LogP contribution in [-0.4, -0.2) is 60.3 Å². The zero-order valence-electron chi connectivity index (χ0n) is 31.9. The van der Waals surface area contributed by atoms with Gasteiger partial charge in [0.1, 0.15) is 12.7 Å². The van der Waals surface area contributed by atoms with Crippen molar-refractivity contribution in [1.82, 2.24) is 0 Å². The fourth-order valence-electron chi connectivity index (χ4n) is 6.63. The van der Waals surface area contributed by atoms with E-state index >= 15 is 0 Å². The number of aliphatic hydroxyl groups excluding tert-OH is 1. The summed E-state index contributed by atoms with van der Waals surface area (Å²) in [7, 11) is 0. The Balaban J connectivity index is 1.36. The Morgan fingerprint density at radius 1 is 0.519 bits per heavy atom. The lowest BCUT2D eigenvalue weighted by Gasteiger charge is -2.44. The van der Waals surface area contributed by atoms with Crippen LogP contribution in [0.4, 0.5) is 0 Å². The SMILES string of the molecule is CCCCCCCCCCCCCCCCCCO[C@H]1O[C@H]([CH]O)[C@@H](OC(=O)c2ccccc2)[C@H](OC(=O)c2ccccc2)[C@H]1OC(=O)c1ccccc1. The number of carbonyl (C=O) groups is 3. The predicted octanol–water partition coefficient (Wildman–Crippen LogP) is 10.2. The van der Waals surface area contributed by atoms with Crippen LogP contribution >= 0.6 is 0 Å². The molecule has 4 rings (SSSR count). The van der Waals surface area contributed by atoms with Crippen molar-refractivity contribution in [1.29, 1.82) is 0 Å². The molecule has 3 aromatic rings. The molecule has 0 unspecified atom stereocenters. The topological polar surface area (TPSA) is 118 Å². The maximum atomic E-state index is 13.5. The highest BCUT2D eigenvalue weighted by Gasteiger charge is 2.53. The van der Waals surface area contributed by atoms with Crippen molar-refractivity contribution >= 4 is 17.9 Å². The summed E-state index contributed by atoms with van der Waals surface area (Å²) >= 11 is 0. The highest BCUT2D eigenvalue weighted by Crippen LogP contribution is 2.32. The second kappa shape index (κ2) is 25.1. The van der Waals surface area contributed by atoms with E-state index in [9.17, 15) is 19.5 Å². The van der Waals surface area contributed by atoms with Crippen LogP contribution < -0.4 is 0 Å². The molecule has 0 bridgehead atoms. The minimum absolute atomic E-state index is 0.237. The van der Waals surface area contributed by atoms with Crippen molar-refractivity contribution in [3.05, 3.63) is 114 Å². The summed E-state index contributed by atoms with van der Waals surface area (Å²) in [6.07, 6.45) is 13.2. The smallest absolute Gasteiger partial charge is 0.338 e. The normalized spacial score (nSPS) is 19.6. The molecule has 1 saturated heterocycles. The van der Waals surface area contributed by atoms with Crippen LogP contribution in [0.25, 0.3) is 0 Å². The molecule has 293 valence electrons. The van der Waals surface area contributed by atoms with Crippen molar-refractivity contribution in [2.75, 3.05) is 6.61 Å². The number of hydrogen-bond donors (Lipinski definition) is 1. The number of carbonyl (C=O) groups excluding carboxylic acids is 3. The standard InChI is InChI=1S/C45H59O9/c1-2-3-4-5-6-7-8-9-10-11-12-13-14-15-16-26-33-50-45-41(54-44(49)37-31-24-19-25-32-37)40(53-43(48)36-29-22-18-23-30-36)39(38(34-46)51-45)52-42(47)35-27-20-17-21-28-35/h17-25,27-32,34,38-41,45-46H,2-16,26,33H2,1H3/t38-,39-,40+,41-,45+/m1/s1. The van der Waals surface area contributed by atoms with Gasteiger partial charge in [0, 0.05) is 6.61 Å². The molecular formula is C45H59O9. The van der Waals surface area contributed by atoms with E-state index in [0.29, 0.717) is 0 Å². The van der Waals surface area contributed by atoms with Crippen molar-refractivity contribution in [3.8, 4) is 0 Å². The van der Waals surface area contributed by atoms with Gasteiger partial charge in [-0.2, -0.15) is 0 Å². The molecule has 5 atom stereocenters. The van der Waals surface area contributed by atoms with E-state index in [4.69, 9.17) is 23.7 Å². The summed E-state index contributed by atoms with van der Waals surface area (Å²) < 4.78 is 30.1. The van der Waals surface area contributed by atoms with Crippen LogP contribution in [0.5, 0.6) is 0 Å². The molecule has 1 radical (unpaired) electrons.